The number of hydrogen-bond donors (Lipinski definition) is 2. The summed E-state index contributed by atoms with van der Waals surface area (Å²) in [6.07, 6.45) is 0.810. The second-order valence-electron chi connectivity index (χ2n) is 5.36. The normalized spacial score (nSPS) is 10.2. The summed E-state index contributed by atoms with van der Waals surface area (Å²) in [5, 5.41) is 15.9. The van der Waals surface area contributed by atoms with Gasteiger partial charge in [-0.05, 0) is 30.4 Å². The zero-order valence-electron chi connectivity index (χ0n) is 14.0. The van der Waals surface area contributed by atoms with Crippen molar-refractivity contribution in [2.24, 2.45) is 0 Å². The van der Waals surface area contributed by atoms with Gasteiger partial charge < -0.3 is 10.6 Å². The van der Waals surface area contributed by atoms with Gasteiger partial charge in [0, 0.05) is 29.1 Å². The Bertz CT molecular complexity index is 768. The molecule has 0 aliphatic rings. The maximum atomic E-state index is 11.9. The number of thioether (sulfide) groups is 1. The Labute approximate surface area is 155 Å². The molecule has 0 radical (unpaired) electrons. The fourth-order valence-corrected chi connectivity index (χ4v) is 2.97. The van der Waals surface area contributed by atoms with E-state index in [1.165, 1.54) is 29.2 Å². The first kappa shape index (κ1) is 19.5. The molecule has 26 heavy (non-hydrogen) atoms. The van der Waals surface area contributed by atoms with Crippen molar-refractivity contribution in [3.63, 3.8) is 0 Å². The molecule has 7 nitrogen and oxygen atoms in total. The molecular weight excluding hydrogens is 354 g/mol. The number of amides is 2. The molecule has 0 atom stereocenters. The Balaban J connectivity index is 1.64. The fraction of sp³-hybridized carbons (Fsp3) is 0.222. The van der Waals surface area contributed by atoms with Crippen LogP contribution in [0.5, 0.6) is 0 Å². The quantitative estimate of drug-likeness (QED) is 0.304. The largest absolute Gasteiger partial charge is 0.355 e. The van der Waals surface area contributed by atoms with Gasteiger partial charge in [-0.3, -0.25) is 19.7 Å². The van der Waals surface area contributed by atoms with E-state index >= 15 is 0 Å². The van der Waals surface area contributed by atoms with Gasteiger partial charge in [-0.15, -0.1) is 11.8 Å². The molecule has 0 aliphatic carbocycles. The van der Waals surface area contributed by atoms with E-state index in [2.05, 4.69) is 10.6 Å². The molecule has 0 bridgehead atoms. The van der Waals surface area contributed by atoms with Crippen LogP contribution < -0.4 is 10.6 Å². The topological polar surface area (TPSA) is 101 Å². The Morgan fingerprint density at radius 3 is 2.54 bits per heavy atom. The molecule has 2 amide bonds. The molecule has 136 valence electrons. The van der Waals surface area contributed by atoms with Gasteiger partial charge in [0.05, 0.1) is 11.5 Å². The number of nitro groups is 1. The van der Waals surface area contributed by atoms with Gasteiger partial charge in [-0.25, -0.2) is 0 Å². The lowest BCUT2D eigenvalue weighted by Gasteiger charge is -2.07. The predicted molar refractivity (Wildman–Crippen MR) is 100 cm³/mol. The van der Waals surface area contributed by atoms with Crippen molar-refractivity contribution >= 4 is 29.3 Å². The standard InChI is InChI=1S/C18H19N3O4S/c22-17(19-10-5-11-26-16-8-2-1-3-9-16)13-20-18(23)14-6-4-7-15(12-14)21(24)25/h1-4,6-9,12H,5,10-11,13H2,(H,19,22)(H,20,23). The van der Waals surface area contributed by atoms with Crippen LogP contribution in [0.4, 0.5) is 5.69 Å². The van der Waals surface area contributed by atoms with E-state index in [0.717, 1.165) is 12.2 Å². The first-order valence-electron chi connectivity index (χ1n) is 8.03. The Morgan fingerprint density at radius 2 is 1.81 bits per heavy atom. The molecule has 2 rings (SSSR count). The molecule has 2 N–H and O–H groups in total. The van der Waals surface area contributed by atoms with Crippen LogP contribution in [0, 0.1) is 10.1 Å². The third-order valence-corrected chi connectivity index (χ3v) is 4.48. The molecule has 0 aromatic heterocycles. The summed E-state index contributed by atoms with van der Waals surface area (Å²) in [7, 11) is 0. The van der Waals surface area contributed by atoms with Crippen molar-refractivity contribution in [1.29, 1.82) is 0 Å². The lowest BCUT2D eigenvalue weighted by Crippen LogP contribution is -2.37. The Morgan fingerprint density at radius 1 is 1.04 bits per heavy atom. The molecule has 0 unspecified atom stereocenters. The second kappa shape index (κ2) is 10.2. The van der Waals surface area contributed by atoms with E-state index in [4.69, 9.17) is 0 Å². The van der Waals surface area contributed by atoms with Gasteiger partial charge in [-0.1, -0.05) is 24.3 Å². The van der Waals surface area contributed by atoms with Gasteiger partial charge in [0.15, 0.2) is 0 Å². The van der Waals surface area contributed by atoms with Crippen molar-refractivity contribution in [1.82, 2.24) is 10.6 Å². The summed E-state index contributed by atoms with van der Waals surface area (Å²) < 4.78 is 0. The van der Waals surface area contributed by atoms with Crippen molar-refractivity contribution in [3.8, 4) is 0 Å². The third-order valence-electron chi connectivity index (χ3n) is 3.38. The molecule has 0 fully saturated rings. The van der Waals surface area contributed by atoms with E-state index < -0.39 is 10.8 Å². The highest BCUT2D eigenvalue weighted by molar-refractivity contribution is 7.99. The van der Waals surface area contributed by atoms with Crippen LogP contribution in [0.2, 0.25) is 0 Å². The van der Waals surface area contributed by atoms with E-state index in [1.54, 1.807) is 11.8 Å². The Hall–Kier alpha value is -2.87. The zero-order valence-corrected chi connectivity index (χ0v) is 14.8. The summed E-state index contributed by atoms with van der Waals surface area (Å²) in [6, 6.07) is 15.4. The number of non-ortho nitro benzene ring substituents is 1. The molecule has 0 saturated carbocycles. The highest BCUT2D eigenvalue weighted by Crippen LogP contribution is 2.17. The fourth-order valence-electron chi connectivity index (χ4n) is 2.09. The maximum Gasteiger partial charge on any atom is 0.270 e. The number of nitrogens with zero attached hydrogens (tertiary/aromatic N) is 1. The average molecular weight is 373 g/mol. The van der Waals surface area contributed by atoms with Crippen LogP contribution in [0.15, 0.2) is 59.5 Å². The SMILES string of the molecule is O=C(CNC(=O)c1cccc([N+](=O)[O-])c1)NCCCSc1ccccc1. The highest BCUT2D eigenvalue weighted by Gasteiger charge is 2.12. The van der Waals surface area contributed by atoms with Crippen molar-refractivity contribution in [3.05, 3.63) is 70.3 Å². The molecule has 2 aromatic rings. The van der Waals surface area contributed by atoms with Crippen LogP contribution in [0.3, 0.4) is 0 Å². The lowest BCUT2D eigenvalue weighted by atomic mass is 10.2. The second-order valence-corrected chi connectivity index (χ2v) is 6.52. The number of nitro benzene ring substituents is 1. The van der Waals surface area contributed by atoms with Crippen LogP contribution in [-0.2, 0) is 4.79 Å². The van der Waals surface area contributed by atoms with E-state index in [1.807, 2.05) is 30.3 Å². The predicted octanol–water partition coefficient (Wildman–Crippen LogP) is 2.62. The first-order chi connectivity index (χ1) is 12.6. The van der Waals surface area contributed by atoms with Gasteiger partial charge in [-0.2, -0.15) is 0 Å². The summed E-state index contributed by atoms with van der Waals surface area (Å²) in [5.41, 5.74) is -0.0238. The molecule has 0 heterocycles. The van der Waals surface area contributed by atoms with Gasteiger partial charge in [0.25, 0.3) is 11.6 Å². The molecule has 0 spiro atoms. The monoisotopic (exact) mass is 373 g/mol. The van der Waals surface area contributed by atoms with Crippen molar-refractivity contribution in [2.75, 3.05) is 18.8 Å². The molecule has 8 heteroatoms. The minimum atomic E-state index is -0.572. The van der Waals surface area contributed by atoms with Gasteiger partial charge in [0.1, 0.15) is 0 Å². The van der Waals surface area contributed by atoms with Crippen LogP contribution >= 0.6 is 11.8 Å². The average Bonchev–Trinajstić information content (AvgIpc) is 2.66. The summed E-state index contributed by atoms with van der Waals surface area (Å²) in [5.74, 6) is 0.0571. The summed E-state index contributed by atoms with van der Waals surface area (Å²) >= 11 is 1.72. The number of benzene rings is 2. The van der Waals surface area contributed by atoms with Gasteiger partial charge in [0.2, 0.25) is 5.91 Å². The Kier molecular flexibility index (Phi) is 7.63. The number of hydrogen-bond acceptors (Lipinski definition) is 5. The third kappa shape index (κ3) is 6.56. The first-order valence-corrected chi connectivity index (χ1v) is 9.02. The molecule has 0 aliphatic heterocycles. The van der Waals surface area contributed by atoms with E-state index in [0.29, 0.717) is 6.54 Å². The highest BCUT2D eigenvalue weighted by atomic mass is 32.2. The van der Waals surface area contributed by atoms with E-state index in [-0.39, 0.29) is 23.7 Å². The van der Waals surface area contributed by atoms with Gasteiger partial charge >= 0.3 is 0 Å². The number of carbonyl (C=O) groups excluding carboxylic acids is 2. The molecule has 2 aromatic carbocycles. The van der Waals surface area contributed by atoms with Crippen molar-refractivity contribution < 1.29 is 14.5 Å². The van der Waals surface area contributed by atoms with E-state index in [9.17, 15) is 19.7 Å². The minimum Gasteiger partial charge on any atom is -0.355 e. The number of nitrogens with one attached hydrogen (secondary N) is 2. The van der Waals surface area contributed by atoms with Crippen LogP contribution in [-0.4, -0.2) is 35.6 Å². The van der Waals surface area contributed by atoms with Crippen LogP contribution in [0.1, 0.15) is 16.8 Å². The lowest BCUT2D eigenvalue weighted by molar-refractivity contribution is -0.384. The maximum absolute atomic E-state index is 11.9. The summed E-state index contributed by atoms with van der Waals surface area (Å²) in [6.45, 7) is 0.346. The summed E-state index contributed by atoms with van der Waals surface area (Å²) in [4.78, 5) is 35.0. The molecule has 0 saturated heterocycles. The smallest absolute Gasteiger partial charge is 0.270 e. The number of rotatable bonds is 9. The number of carbonyl (C=O) groups is 2. The minimum absolute atomic E-state index is 0.145. The zero-order chi connectivity index (χ0) is 18.8. The van der Waals surface area contributed by atoms with Crippen molar-refractivity contribution in [2.45, 2.75) is 11.3 Å². The molecular formula is C18H19N3O4S. The van der Waals surface area contributed by atoms with Crippen LogP contribution in [0.25, 0.3) is 0 Å².